The number of benzene rings is 7. The molecule has 1 aliphatic heterocycles. The van der Waals surface area contributed by atoms with Gasteiger partial charge in [-0.1, -0.05) is 180 Å². The van der Waals surface area contributed by atoms with Gasteiger partial charge in [0.15, 0.2) is 0 Å². The van der Waals surface area contributed by atoms with Crippen LogP contribution in [0.3, 0.4) is 0 Å². The maximum absolute atomic E-state index is 6.78. The van der Waals surface area contributed by atoms with Crippen LogP contribution in [0.25, 0.3) is 27.6 Å². The number of nitrogens with zero attached hydrogens (tertiary/aromatic N) is 4. The predicted octanol–water partition coefficient (Wildman–Crippen LogP) is 17.5. The van der Waals surface area contributed by atoms with Crippen LogP contribution in [-0.2, 0) is 48.1 Å². The van der Waals surface area contributed by atoms with Gasteiger partial charge in [-0.3, -0.25) is 0 Å². The van der Waals surface area contributed by atoms with Gasteiger partial charge in [0.05, 0.1) is 0 Å². The molecule has 0 saturated heterocycles. The van der Waals surface area contributed by atoms with E-state index in [0.717, 1.165) is 50.4 Å². The van der Waals surface area contributed by atoms with Gasteiger partial charge in [-0.15, -0.1) is 48.1 Å². The second kappa shape index (κ2) is 18.6. The van der Waals surface area contributed by atoms with Crippen LogP contribution in [0.1, 0.15) is 129 Å². The summed E-state index contributed by atoms with van der Waals surface area (Å²) in [4.78, 5) is 9.59. The molecule has 0 saturated carbocycles. The van der Waals surface area contributed by atoms with Crippen LogP contribution < -0.4 is 14.5 Å². The van der Waals surface area contributed by atoms with E-state index in [1.165, 1.54) is 38.9 Å². The van der Waals surface area contributed by atoms with Crippen molar-refractivity contribution in [3.8, 4) is 17.3 Å². The molecule has 370 valence electrons. The molecule has 9 aromatic rings. The largest absolute Gasteiger partial charge is 0.509 e. The molecule has 0 radical (unpaired) electrons. The Balaban J connectivity index is 0.00000640. The average molecular weight is 1130 g/mol. The Hall–Kier alpha value is -6.42. The maximum Gasteiger partial charge on any atom is 0.135 e. The van der Waals surface area contributed by atoms with Crippen molar-refractivity contribution in [3.63, 3.8) is 0 Å². The number of pyridine rings is 1. The Kier molecular flexibility index (Phi) is 13.0. The Morgan fingerprint density at radius 2 is 1.01 bits per heavy atom. The predicted molar refractivity (Wildman–Crippen MR) is 297 cm³/mol. The molecule has 10 rings (SSSR count). The van der Waals surface area contributed by atoms with Crippen molar-refractivity contribution < 1.29 is 25.8 Å². The van der Waals surface area contributed by atoms with Crippen LogP contribution in [0.15, 0.2) is 164 Å². The van der Waals surface area contributed by atoms with Gasteiger partial charge in [0.1, 0.15) is 5.82 Å². The van der Waals surface area contributed by atoms with Crippen molar-refractivity contribution in [3.05, 3.63) is 222 Å². The molecule has 5 nitrogen and oxygen atoms in total. The van der Waals surface area contributed by atoms with Crippen molar-refractivity contribution in [1.29, 1.82) is 0 Å². The first-order chi connectivity index (χ1) is 33.6. The van der Waals surface area contributed by atoms with E-state index in [2.05, 4.69) is 269 Å². The van der Waals surface area contributed by atoms with E-state index in [0.29, 0.717) is 11.5 Å². The molecule has 0 amide bonds. The number of anilines is 4. The van der Waals surface area contributed by atoms with E-state index in [1.54, 1.807) is 0 Å². The molecule has 3 heterocycles. The van der Waals surface area contributed by atoms with Gasteiger partial charge in [-0.25, -0.2) is 4.98 Å². The van der Waals surface area contributed by atoms with Crippen molar-refractivity contribution in [2.45, 2.75) is 117 Å². The first kappa shape index (κ1) is 50.5. The summed E-state index contributed by atoms with van der Waals surface area (Å²) in [5.41, 5.74) is 14.3. The van der Waals surface area contributed by atoms with Crippen molar-refractivity contribution >= 4 is 44.6 Å². The molecular formula is C66H67N4OPt-3. The van der Waals surface area contributed by atoms with Gasteiger partial charge in [0, 0.05) is 72.2 Å². The number of ether oxygens (including phenoxy) is 1. The summed E-state index contributed by atoms with van der Waals surface area (Å²) >= 11 is 0. The Labute approximate surface area is 443 Å². The zero-order chi connectivity index (χ0) is 50.3. The summed E-state index contributed by atoms with van der Waals surface area (Å²) in [5, 5.41) is 2.23. The van der Waals surface area contributed by atoms with Crippen LogP contribution >= 0.6 is 0 Å². The molecule has 1 aliphatic rings. The van der Waals surface area contributed by atoms with Crippen molar-refractivity contribution in [2.75, 3.05) is 9.80 Å². The molecule has 0 aliphatic carbocycles. The summed E-state index contributed by atoms with van der Waals surface area (Å²) in [7, 11) is 0. The SMILES string of the molecule is CC(C)(C)c1ccnc(-n2c3[c-]c(Oc4[c-]c(N5[CH-]N(c6cc(C(C)(C)c7ccccc7)cc(C(C)(C)c7ccccc7)c6)c6cc(C(C)(C)C)c(C(C)(C)C)cc65)ccc4)ccc3c3ccccc32)c1.[Pt]. The van der Waals surface area contributed by atoms with Gasteiger partial charge >= 0.3 is 0 Å². The van der Waals surface area contributed by atoms with Crippen LogP contribution in [0.2, 0.25) is 0 Å². The van der Waals surface area contributed by atoms with Gasteiger partial charge in [0.25, 0.3) is 0 Å². The average Bonchev–Trinajstić information content (AvgIpc) is 3.89. The monoisotopic (exact) mass is 1130 g/mol. The number of aromatic nitrogens is 2. The number of hydrogen-bond donors (Lipinski definition) is 0. The minimum atomic E-state index is -0.283. The number of hydrogen-bond acceptors (Lipinski definition) is 4. The normalized spacial score (nSPS) is 13.4. The third kappa shape index (κ3) is 9.30. The van der Waals surface area contributed by atoms with E-state index in [1.807, 2.05) is 18.3 Å². The standard InChI is InChI=1S/C66H67N4O.Pt/c1-62(2,3)46-33-34-67-61(38-46)70-57-30-21-20-29-53(57)54-32-31-52(40-58(54)70)71-51-28-22-27-49(39-51)68-43-69(60-42-56(64(7,8)9)55(41-59(60)68)63(4,5)6)50-36-47(65(10,11)44-23-16-14-17-24-44)35-48(37-50)66(12,13)45-25-18-15-19-26-45;/h14-38,41-43H,1-13H3;/q-3;. The second-order valence-corrected chi connectivity index (χ2v) is 23.6. The zero-order valence-corrected chi connectivity index (χ0v) is 46.5. The topological polar surface area (TPSA) is 33.5 Å². The van der Waals surface area contributed by atoms with Gasteiger partial charge in [0.2, 0.25) is 0 Å². The summed E-state index contributed by atoms with van der Waals surface area (Å²) in [5.74, 6) is 2.06. The Morgan fingerprint density at radius 3 is 1.60 bits per heavy atom. The molecule has 72 heavy (non-hydrogen) atoms. The summed E-state index contributed by atoms with van der Waals surface area (Å²) in [6.07, 6.45) is 1.91. The molecule has 0 N–H and O–H groups in total. The maximum atomic E-state index is 6.78. The van der Waals surface area contributed by atoms with Crippen LogP contribution in [0.4, 0.5) is 22.7 Å². The van der Waals surface area contributed by atoms with Crippen molar-refractivity contribution in [1.82, 2.24) is 9.55 Å². The van der Waals surface area contributed by atoms with Gasteiger partial charge < -0.3 is 19.1 Å². The fourth-order valence-corrected chi connectivity index (χ4v) is 10.3. The molecule has 0 atom stereocenters. The molecular weight excluding hydrogens is 1060 g/mol. The Bertz CT molecular complexity index is 3370. The first-order valence-corrected chi connectivity index (χ1v) is 25.1. The van der Waals surface area contributed by atoms with Crippen LogP contribution in [0, 0.1) is 18.8 Å². The molecule has 6 heteroatoms. The first-order valence-electron chi connectivity index (χ1n) is 25.1. The fourth-order valence-electron chi connectivity index (χ4n) is 10.3. The third-order valence-corrected chi connectivity index (χ3v) is 14.7. The molecule has 2 aromatic heterocycles. The minimum absolute atomic E-state index is 0. The molecule has 0 spiro atoms. The number of rotatable bonds is 9. The van der Waals surface area contributed by atoms with E-state index < -0.39 is 0 Å². The zero-order valence-electron chi connectivity index (χ0n) is 44.2. The smallest absolute Gasteiger partial charge is 0.135 e. The number of fused-ring (bicyclic) bond motifs is 4. The molecule has 7 aromatic carbocycles. The van der Waals surface area contributed by atoms with Crippen molar-refractivity contribution in [2.24, 2.45) is 0 Å². The quantitative estimate of drug-likeness (QED) is 0.135. The number of para-hydroxylation sites is 1. The fraction of sp³-hybridized carbons (Fsp3) is 0.273. The Morgan fingerprint density at radius 1 is 0.458 bits per heavy atom. The van der Waals surface area contributed by atoms with Crippen LogP contribution in [0.5, 0.6) is 11.5 Å². The summed E-state index contributed by atoms with van der Waals surface area (Å²) < 4.78 is 8.99. The summed E-state index contributed by atoms with van der Waals surface area (Å²) in [6, 6.07) is 64.4. The van der Waals surface area contributed by atoms with E-state index >= 15 is 0 Å². The van der Waals surface area contributed by atoms with Gasteiger partial charge in [-0.05, 0) is 103 Å². The molecule has 0 unspecified atom stereocenters. The van der Waals surface area contributed by atoms with Gasteiger partial charge in [-0.2, -0.15) is 12.1 Å². The van der Waals surface area contributed by atoms with E-state index in [-0.39, 0.29) is 48.1 Å². The second-order valence-electron chi connectivity index (χ2n) is 23.6. The van der Waals surface area contributed by atoms with E-state index in [9.17, 15) is 0 Å². The molecule has 0 fully saturated rings. The minimum Gasteiger partial charge on any atom is -0.509 e. The molecule has 0 bridgehead atoms. The van der Waals surface area contributed by atoms with E-state index in [4.69, 9.17) is 9.72 Å². The third-order valence-electron chi connectivity index (χ3n) is 14.7. The van der Waals surface area contributed by atoms with Crippen LogP contribution in [-0.4, -0.2) is 9.55 Å². The summed E-state index contributed by atoms with van der Waals surface area (Å²) in [6.45, 7) is 32.3.